The molecule has 0 atom stereocenters. The zero-order valence-electron chi connectivity index (χ0n) is 8.32. The first-order valence-corrected chi connectivity index (χ1v) is 6.52. The van der Waals surface area contributed by atoms with Crippen molar-refractivity contribution in [2.24, 2.45) is 4.40 Å². The molecule has 0 saturated heterocycles. The van der Waals surface area contributed by atoms with Gasteiger partial charge < -0.3 is 4.72 Å². The molecule has 13 heavy (non-hydrogen) atoms. The summed E-state index contributed by atoms with van der Waals surface area (Å²) >= 11 is 3.32. The molecule has 2 nitrogen and oxygen atoms in total. The predicted molar refractivity (Wildman–Crippen MR) is 66.3 cm³/mol. The predicted octanol–water partition coefficient (Wildman–Crippen LogP) is 3.28. The Hall–Kier alpha value is -0.0900. The van der Waals surface area contributed by atoms with Crippen LogP contribution >= 0.6 is 23.9 Å². The topological polar surface area (TPSA) is 24.4 Å². The minimum Gasteiger partial charge on any atom is -0.336 e. The van der Waals surface area contributed by atoms with Gasteiger partial charge in [0, 0.05) is 23.9 Å². The fraction of sp³-hybridized carbons (Fsp3) is 0.667. The van der Waals surface area contributed by atoms with Crippen LogP contribution in [0.3, 0.4) is 0 Å². The van der Waals surface area contributed by atoms with Crippen molar-refractivity contribution in [3.05, 3.63) is 12.3 Å². The number of nitrogens with zero attached hydrogens (tertiary/aromatic N) is 1. The average Bonchev–Trinajstić information content (AvgIpc) is 2.16. The fourth-order valence-corrected chi connectivity index (χ4v) is 1.45. The molecule has 0 saturated carbocycles. The van der Waals surface area contributed by atoms with Gasteiger partial charge >= 0.3 is 0 Å². The number of rotatable bonds is 8. The molecule has 0 amide bonds. The highest BCUT2D eigenvalue weighted by molar-refractivity contribution is 7.98. The molecule has 0 aliphatic rings. The van der Waals surface area contributed by atoms with Crippen LogP contribution in [0.2, 0.25) is 0 Å². The molecule has 0 fully saturated rings. The smallest absolute Gasteiger partial charge is 0.0366 e. The second-order valence-corrected chi connectivity index (χ2v) is 4.22. The molecule has 0 aromatic heterocycles. The Morgan fingerprint density at radius 3 is 2.69 bits per heavy atom. The minimum absolute atomic E-state index is 1.10. The molecule has 76 valence electrons. The normalized spacial score (nSPS) is 11.5. The molecular weight excluding hydrogens is 200 g/mol. The molecule has 0 spiro atoms. The molecule has 0 heterocycles. The standard InChI is InChI=1S/C9H18N2S2/c1-3-8-12-10-6-5-7-11-13-9-4-2/h5-7,10H,3-4,8-9H2,1-2H3/b6-5?,11-7+. The van der Waals surface area contributed by atoms with Crippen molar-refractivity contribution >= 4 is 30.1 Å². The molecule has 0 radical (unpaired) electrons. The van der Waals surface area contributed by atoms with Gasteiger partial charge in [-0.05, 0) is 30.9 Å². The highest BCUT2D eigenvalue weighted by Crippen LogP contribution is 2.01. The largest absolute Gasteiger partial charge is 0.336 e. The lowest BCUT2D eigenvalue weighted by Crippen LogP contribution is -1.91. The van der Waals surface area contributed by atoms with Crippen LogP contribution in [0.15, 0.2) is 16.7 Å². The van der Waals surface area contributed by atoms with E-state index in [1.807, 2.05) is 18.5 Å². The Morgan fingerprint density at radius 2 is 2.00 bits per heavy atom. The molecular formula is C9H18N2S2. The van der Waals surface area contributed by atoms with Crippen molar-refractivity contribution in [3.63, 3.8) is 0 Å². The quantitative estimate of drug-likeness (QED) is 0.384. The number of hydrogen-bond donors (Lipinski definition) is 1. The number of allylic oxidation sites excluding steroid dienone is 1. The minimum atomic E-state index is 1.10. The van der Waals surface area contributed by atoms with E-state index in [0.29, 0.717) is 0 Å². The van der Waals surface area contributed by atoms with Gasteiger partial charge in [0.05, 0.1) is 0 Å². The Kier molecular flexibility index (Phi) is 11.8. The summed E-state index contributed by atoms with van der Waals surface area (Å²) in [6, 6.07) is 0. The van der Waals surface area contributed by atoms with Gasteiger partial charge in [-0.25, -0.2) is 4.40 Å². The maximum Gasteiger partial charge on any atom is 0.0366 e. The first-order chi connectivity index (χ1) is 6.41. The van der Waals surface area contributed by atoms with E-state index in [9.17, 15) is 0 Å². The summed E-state index contributed by atoms with van der Waals surface area (Å²) < 4.78 is 7.25. The lowest BCUT2D eigenvalue weighted by Gasteiger charge is -1.94. The summed E-state index contributed by atoms with van der Waals surface area (Å²) in [4.78, 5) is 0. The van der Waals surface area contributed by atoms with E-state index in [4.69, 9.17) is 0 Å². The van der Waals surface area contributed by atoms with Crippen molar-refractivity contribution in [2.75, 3.05) is 11.5 Å². The van der Waals surface area contributed by atoms with E-state index in [1.165, 1.54) is 12.8 Å². The van der Waals surface area contributed by atoms with E-state index >= 15 is 0 Å². The molecule has 0 aromatic carbocycles. The monoisotopic (exact) mass is 218 g/mol. The SMILES string of the molecule is CCCS/N=C/C=CNSCCC. The van der Waals surface area contributed by atoms with E-state index in [2.05, 4.69) is 23.0 Å². The van der Waals surface area contributed by atoms with Gasteiger partial charge in [-0.15, -0.1) is 0 Å². The van der Waals surface area contributed by atoms with Gasteiger partial charge in [0.2, 0.25) is 0 Å². The van der Waals surface area contributed by atoms with Crippen LogP contribution in [0.1, 0.15) is 26.7 Å². The third-order valence-corrected chi connectivity index (χ3v) is 2.85. The number of hydrogen-bond acceptors (Lipinski definition) is 4. The maximum atomic E-state index is 4.13. The number of nitrogens with one attached hydrogen (secondary N) is 1. The molecule has 0 aliphatic heterocycles. The van der Waals surface area contributed by atoms with Crippen LogP contribution in [-0.2, 0) is 0 Å². The summed E-state index contributed by atoms with van der Waals surface area (Å²) in [6.45, 7) is 4.32. The van der Waals surface area contributed by atoms with E-state index in [0.717, 1.165) is 11.5 Å². The lowest BCUT2D eigenvalue weighted by molar-refractivity contribution is 1.10. The average molecular weight is 218 g/mol. The Morgan fingerprint density at radius 1 is 1.23 bits per heavy atom. The van der Waals surface area contributed by atoms with Crippen LogP contribution in [-0.4, -0.2) is 17.7 Å². The first-order valence-electron chi connectivity index (χ1n) is 4.59. The van der Waals surface area contributed by atoms with Crippen molar-refractivity contribution < 1.29 is 0 Å². The molecule has 0 rings (SSSR count). The van der Waals surface area contributed by atoms with Gasteiger partial charge in [0.1, 0.15) is 0 Å². The van der Waals surface area contributed by atoms with E-state index in [1.54, 1.807) is 23.9 Å². The third kappa shape index (κ3) is 11.9. The first kappa shape index (κ1) is 12.9. The van der Waals surface area contributed by atoms with Gasteiger partial charge in [-0.2, -0.15) is 0 Å². The zero-order chi connectivity index (χ0) is 9.78. The van der Waals surface area contributed by atoms with Crippen molar-refractivity contribution in [2.45, 2.75) is 26.7 Å². The van der Waals surface area contributed by atoms with Crippen LogP contribution in [0.5, 0.6) is 0 Å². The molecule has 0 unspecified atom stereocenters. The highest BCUT2D eigenvalue weighted by Gasteiger charge is 1.78. The van der Waals surface area contributed by atoms with Gasteiger partial charge in [0.25, 0.3) is 0 Å². The summed E-state index contributed by atoms with van der Waals surface area (Å²) in [5.74, 6) is 2.24. The van der Waals surface area contributed by atoms with E-state index in [-0.39, 0.29) is 0 Å². The third-order valence-electron chi connectivity index (χ3n) is 1.07. The second kappa shape index (κ2) is 11.9. The van der Waals surface area contributed by atoms with Gasteiger partial charge in [0.15, 0.2) is 0 Å². The van der Waals surface area contributed by atoms with Crippen molar-refractivity contribution in [1.82, 2.24) is 4.72 Å². The Bertz CT molecular complexity index is 147. The molecule has 4 heteroatoms. The van der Waals surface area contributed by atoms with Crippen molar-refractivity contribution in [3.8, 4) is 0 Å². The molecule has 0 bridgehead atoms. The van der Waals surface area contributed by atoms with Crippen LogP contribution in [0, 0.1) is 0 Å². The second-order valence-electron chi connectivity index (χ2n) is 2.41. The van der Waals surface area contributed by atoms with Crippen molar-refractivity contribution in [1.29, 1.82) is 0 Å². The maximum absolute atomic E-state index is 4.13. The summed E-state index contributed by atoms with van der Waals surface area (Å²) in [5, 5.41) is 0. The Labute approximate surface area is 89.9 Å². The lowest BCUT2D eigenvalue weighted by atomic mass is 10.6. The van der Waals surface area contributed by atoms with Crippen LogP contribution in [0.25, 0.3) is 0 Å². The molecule has 1 N–H and O–H groups in total. The fourth-order valence-electron chi connectivity index (χ4n) is 0.514. The van der Waals surface area contributed by atoms with Crippen LogP contribution < -0.4 is 4.72 Å². The van der Waals surface area contributed by atoms with Gasteiger partial charge in [-0.3, -0.25) is 0 Å². The summed E-state index contributed by atoms with van der Waals surface area (Å²) in [7, 11) is 0. The highest BCUT2D eigenvalue weighted by atomic mass is 32.2. The summed E-state index contributed by atoms with van der Waals surface area (Å²) in [5.41, 5.74) is 0. The molecule has 0 aliphatic carbocycles. The molecule has 0 aromatic rings. The van der Waals surface area contributed by atoms with Gasteiger partial charge in [-0.1, -0.05) is 25.8 Å². The Balaban J connectivity index is 3.15. The zero-order valence-corrected chi connectivity index (χ0v) is 9.96. The van der Waals surface area contributed by atoms with Crippen LogP contribution in [0.4, 0.5) is 0 Å². The summed E-state index contributed by atoms with van der Waals surface area (Å²) in [6.07, 6.45) is 8.03. The van der Waals surface area contributed by atoms with E-state index < -0.39 is 0 Å².